The number of fused-ring (bicyclic) bond motifs is 1. The maximum Gasteiger partial charge on any atom is 0.219 e. The van der Waals surface area contributed by atoms with Crippen LogP contribution in [-0.4, -0.2) is 41.4 Å². The van der Waals surface area contributed by atoms with Gasteiger partial charge in [0.2, 0.25) is 5.91 Å². The molecule has 3 heteroatoms. The Kier molecular flexibility index (Phi) is 4.82. The maximum absolute atomic E-state index is 12.2. The molecule has 26 heavy (non-hydrogen) atoms. The van der Waals surface area contributed by atoms with Gasteiger partial charge in [0.05, 0.1) is 0 Å². The summed E-state index contributed by atoms with van der Waals surface area (Å²) in [6, 6.07) is 20.0. The van der Waals surface area contributed by atoms with Crippen LogP contribution in [0.3, 0.4) is 0 Å². The van der Waals surface area contributed by atoms with E-state index in [4.69, 9.17) is 0 Å². The number of benzene rings is 2. The molecule has 2 heterocycles. The van der Waals surface area contributed by atoms with Crippen LogP contribution in [0.4, 0.5) is 0 Å². The minimum atomic E-state index is 0.228. The zero-order chi connectivity index (χ0) is 18.1. The third kappa shape index (κ3) is 3.41. The molecule has 2 aromatic carbocycles. The number of carbonyl (C=O) groups excluding carboxylic acids is 1. The molecule has 2 saturated heterocycles. The number of hydrogen-bond acceptors (Lipinski definition) is 2. The summed E-state index contributed by atoms with van der Waals surface area (Å²) in [6.07, 6.45) is 1.08. The second kappa shape index (κ2) is 7.24. The van der Waals surface area contributed by atoms with Crippen LogP contribution in [-0.2, 0) is 11.3 Å². The van der Waals surface area contributed by atoms with Gasteiger partial charge in [-0.25, -0.2) is 0 Å². The van der Waals surface area contributed by atoms with Crippen molar-refractivity contribution in [1.29, 1.82) is 0 Å². The van der Waals surface area contributed by atoms with Crippen molar-refractivity contribution in [3.05, 3.63) is 71.3 Å². The molecule has 2 aliphatic heterocycles. The molecule has 0 N–H and O–H groups in total. The van der Waals surface area contributed by atoms with Gasteiger partial charge in [-0.05, 0) is 24.5 Å². The van der Waals surface area contributed by atoms with Gasteiger partial charge in [0.15, 0.2) is 0 Å². The highest BCUT2D eigenvalue weighted by Crippen LogP contribution is 2.41. The molecular weight excluding hydrogens is 320 g/mol. The number of likely N-dealkylation sites (tertiary alicyclic amines) is 2. The fourth-order valence-corrected chi connectivity index (χ4v) is 4.91. The molecule has 0 radical (unpaired) electrons. The molecule has 1 amide bonds. The van der Waals surface area contributed by atoms with Gasteiger partial charge in [-0.2, -0.15) is 0 Å². The Hall–Kier alpha value is -2.13. The number of piperidine rings is 1. The summed E-state index contributed by atoms with van der Waals surface area (Å²) < 4.78 is 0. The van der Waals surface area contributed by atoms with Gasteiger partial charge >= 0.3 is 0 Å². The SMILES string of the molecule is CC(=O)N1C[C@@H](c2cccc(C)c2)[C@@H]2CN(Cc3ccccc3)CC[C@@H]21. The summed E-state index contributed by atoms with van der Waals surface area (Å²) >= 11 is 0. The predicted octanol–water partition coefficient (Wildman–Crippen LogP) is 3.83. The molecule has 3 nitrogen and oxygen atoms in total. The van der Waals surface area contributed by atoms with Gasteiger partial charge in [-0.3, -0.25) is 9.69 Å². The molecule has 136 valence electrons. The molecule has 0 aromatic heterocycles. The van der Waals surface area contributed by atoms with E-state index in [-0.39, 0.29) is 5.91 Å². The van der Waals surface area contributed by atoms with Crippen molar-refractivity contribution < 1.29 is 4.79 Å². The molecule has 0 saturated carbocycles. The van der Waals surface area contributed by atoms with E-state index in [9.17, 15) is 4.79 Å². The molecule has 0 bridgehead atoms. The van der Waals surface area contributed by atoms with E-state index in [0.717, 1.165) is 32.6 Å². The molecule has 0 spiro atoms. The third-order valence-electron chi connectivity index (χ3n) is 6.14. The van der Waals surface area contributed by atoms with E-state index in [2.05, 4.69) is 71.3 Å². The van der Waals surface area contributed by atoms with Gasteiger partial charge in [0, 0.05) is 51.0 Å². The summed E-state index contributed by atoms with van der Waals surface area (Å²) in [7, 11) is 0. The highest BCUT2D eigenvalue weighted by atomic mass is 16.2. The van der Waals surface area contributed by atoms with Gasteiger partial charge in [-0.15, -0.1) is 0 Å². The first kappa shape index (κ1) is 17.3. The van der Waals surface area contributed by atoms with Crippen LogP contribution in [0.25, 0.3) is 0 Å². The molecule has 3 atom stereocenters. The van der Waals surface area contributed by atoms with Crippen molar-refractivity contribution >= 4 is 5.91 Å². The quantitative estimate of drug-likeness (QED) is 0.842. The van der Waals surface area contributed by atoms with E-state index in [1.54, 1.807) is 6.92 Å². The number of nitrogens with zero attached hydrogens (tertiary/aromatic N) is 2. The Morgan fingerprint density at radius 3 is 2.62 bits per heavy atom. The first-order valence-corrected chi connectivity index (χ1v) is 9.72. The van der Waals surface area contributed by atoms with Crippen molar-refractivity contribution in [3.63, 3.8) is 0 Å². The molecule has 2 fully saturated rings. The van der Waals surface area contributed by atoms with Crippen LogP contribution >= 0.6 is 0 Å². The smallest absolute Gasteiger partial charge is 0.219 e. The van der Waals surface area contributed by atoms with E-state index in [1.807, 2.05) is 0 Å². The Morgan fingerprint density at radius 1 is 1.08 bits per heavy atom. The van der Waals surface area contributed by atoms with E-state index < -0.39 is 0 Å². The average Bonchev–Trinajstić information content (AvgIpc) is 3.02. The lowest BCUT2D eigenvalue weighted by atomic mass is 9.81. The monoisotopic (exact) mass is 348 g/mol. The molecule has 4 rings (SSSR count). The third-order valence-corrected chi connectivity index (χ3v) is 6.14. The summed E-state index contributed by atoms with van der Waals surface area (Å²) in [6.45, 7) is 7.90. The summed E-state index contributed by atoms with van der Waals surface area (Å²) in [5.41, 5.74) is 4.07. The van der Waals surface area contributed by atoms with Crippen molar-refractivity contribution in [3.8, 4) is 0 Å². The van der Waals surface area contributed by atoms with E-state index in [1.165, 1.54) is 16.7 Å². The van der Waals surface area contributed by atoms with Crippen molar-refractivity contribution in [1.82, 2.24) is 9.80 Å². The van der Waals surface area contributed by atoms with Crippen LogP contribution < -0.4 is 0 Å². The second-order valence-electron chi connectivity index (χ2n) is 7.93. The van der Waals surface area contributed by atoms with E-state index in [0.29, 0.717) is 17.9 Å². The molecule has 0 unspecified atom stereocenters. The zero-order valence-corrected chi connectivity index (χ0v) is 15.8. The standard InChI is InChI=1S/C23H28N2O/c1-17-7-6-10-20(13-17)21-16-25(18(2)26)23-11-12-24(15-22(21)23)14-19-8-4-3-5-9-19/h3-10,13,21-23H,11-12,14-16H2,1-2H3/t21-,22-,23-/m0/s1. The van der Waals surface area contributed by atoms with Crippen molar-refractivity contribution in [2.75, 3.05) is 19.6 Å². The van der Waals surface area contributed by atoms with Crippen LogP contribution in [0.5, 0.6) is 0 Å². The lowest BCUT2D eigenvalue weighted by Crippen LogP contribution is -2.47. The average molecular weight is 348 g/mol. The largest absolute Gasteiger partial charge is 0.339 e. The maximum atomic E-state index is 12.2. The number of carbonyl (C=O) groups is 1. The molecule has 2 aromatic rings. The minimum Gasteiger partial charge on any atom is -0.339 e. The lowest BCUT2D eigenvalue weighted by Gasteiger charge is -2.39. The zero-order valence-electron chi connectivity index (χ0n) is 15.8. The Balaban J connectivity index is 1.57. The first-order chi connectivity index (χ1) is 12.6. The van der Waals surface area contributed by atoms with Crippen molar-refractivity contribution in [2.45, 2.75) is 38.8 Å². The molecule has 2 aliphatic rings. The van der Waals surface area contributed by atoms with Crippen LogP contribution in [0.2, 0.25) is 0 Å². The fraction of sp³-hybridized carbons (Fsp3) is 0.435. The summed E-state index contributed by atoms with van der Waals surface area (Å²) in [5, 5.41) is 0. The highest BCUT2D eigenvalue weighted by molar-refractivity contribution is 5.74. The second-order valence-corrected chi connectivity index (χ2v) is 7.93. The minimum absolute atomic E-state index is 0.228. The Labute approximate surface area is 156 Å². The van der Waals surface area contributed by atoms with Crippen molar-refractivity contribution in [2.24, 2.45) is 5.92 Å². The van der Waals surface area contributed by atoms with E-state index >= 15 is 0 Å². The van der Waals surface area contributed by atoms with Gasteiger partial charge in [-0.1, -0.05) is 60.2 Å². The lowest BCUT2D eigenvalue weighted by molar-refractivity contribution is -0.130. The normalized spacial score (nSPS) is 25.9. The number of rotatable bonds is 3. The summed E-state index contributed by atoms with van der Waals surface area (Å²) in [5.74, 6) is 1.20. The molecule has 0 aliphatic carbocycles. The topological polar surface area (TPSA) is 23.6 Å². The summed E-state index contributed by atoms with van der Waals surface area (Å²) in [4.78, 5) is 16.9. The van der Waals surface area contributed by atoms with Gasteiger partial charge in [0.1, 0.15) is 0 Å². The van der Waals surface area contributed by atoms with Gasteiger partial charge < -0.3 is 4.90 Å². The van der Waals surface area contributed by atoms with Gasteiger partial charge in [0.25, 0.3) is 0 Å². The number of hydrogen-bond donors (Lipinski definition) is 0. The Morgan fingerprint density at radius 2 is 1.88 bits per heavy atom. The Bertz CT molecular complexity index is 773. The highest BCUT2D eigenvalue weighted by Gasteiger charge is 2.46. The predicted molar refractivity (Wildman–Crippen MR) is 105 cm³/mol. The number of aryl methyl sites for hydroxylation is 1. The van der Waals surface area contributed by atoms with Crippen LogP contribution in [0.15, 0.2) is 54.6 Å². The molecular formula is C23H28N2O. The van der Waals surface area contributed by atoms with Crippen LogP contribution in [0.1, 0.15) is 36.0 Å². The fourth-order valence-electron chi connectivity index (χ4n) is 4.91. The number of amides is 1. The van der Waals surface area contributed by atoms with Crippen LogP contribution in [0, 0.1) is 12.8 Å². The first-order valence-electron chi connectivity index (χ1n) is 9.72.